The van der Waals surface area contributed by atoms with E-state index in [0.717, 1.165) is 0 Å². The third-order valence-electron chi connectivity index (χ3n) is 1.33. The van der Waals surface area contributed by atoms with E-state index >= 15 is 0 Å². The van der Waals surface area contributed by atoms with E-state index in [1.54, 1.807) is 0 Å². The highest BCUT2D eigenvalue weighted by Crippen LogP contribution is 2.34. The summed E-state index contributed by atoms with van der Waals surface area (Å²) in [5.74, 6) is -2.25. The first-order valence-corrected chi connectivity index (χ1v) is 6.67. The fourth-order valence-corrected chi connectivity index (χ4v) is 0.805. The minimum Gasteiger partial charge on any atom is -0.462 e. The maximum Gasteiger partial charge on any atom is 0.352 e. The van der Waals surface area contributed by atoms with Crippen LogP contribution in [-0.4, -0.2) is 26.7 Å². The van der Waals surface area contributed by atoms with Gasteiger partial charge in [0.1, 0.15) is 6.61 Å². The number of carbonyl (C=O) groups is 3. The molecule has 0 atom stereocenters. The van der Waals surface area contributed by atoms with Gasteiger partial charge < -0.3 is 9.47 Å². The third-order valence-corrected chi connectivity index (χ3v) is 2.30. The maximum absolute atomic E-state index is 11.2. The quantitative estimate of drug-likeness (QED) is 0.293. The number of carbonyl (C=O) groups excluding carboxylic acids is 3. The van der Waals surface area contributed by atoms with Gasteiger partial charge >= 0.3 is 17.9 Å². The fraction of sp³-hybridized carbons (Fsp3) is 0.444. The van der Waals surface area contributed by atoms with Crippen molar-refractivity contribution in [3.05, 3.63) is 12.2 Å². The van der Waals surface area contributed by atoms with Crippen molar-refractivity contribution >= 4 is 65.7 Å². The van der Waals surface area contributed by atoms with Crippen LogP contribution < -0.4 is 0 Å². The number of halogens is 3. The Kier molecular flexibility index (Phi) is 7.18. The van der Waals surface area contributed by atoms with Gasteiger partial charge in [-0.15, -0.1) is 0 Å². The van der Waals surface area contributed by atoms with Crippen LogP contribution in [0.15, 0.2) is 12.2 Å². The zero-order valence-electron chi connectivity index (χ0n) is 8.80. The van der Waals surface area contributed by atoms with Crippen molar-refractivity contribution in [3.63, 3.8) is 0 Å². The number of ether oxygens (including phenoxy) is 2. The summed E-state index contributed by atoms with van der Waals surface area (Å²) < 4.78 is 7.79. The normalized spacial score (nSPS) is 10.6. The van der Waals surface area contributed by atoms with Crippen LogP contribution in [0.2, 0.25) is 0 Å². The Morgan fingerprint density at radius 1 is 1.24 bits per heavy atom. The molecular weight excluding hydrogens is 428 g/mol. The third kappa shape index (κ3) is 7.67. The molecule has 0 aromatic rings. The second kappa shape index (κ2) is 7.27. The van der Waals surface area contributed by atoms with Crippen LogP contribution in [0.3, 0.4) is 0 Å². The standard InChI is InChI=1S/C9H9Br3O5/c1-5(2)7(14)16-4-3-6(13)17-8(15)9(10,11)12/h1,3-4H2,2H3. The van der Waals surface area contributed by atoms with Crippen molar-refractivity contribution in [2.75, 3.05) is 6.61 Å². The fourth-order valence-electron chi connectivity index (χ4n) is 0.563. The van der Waals surface area contributed by atoms with Gasteiger partial charge in [-0.3, -0.25) is 4.79 Å². The molecule has 0 fully saturated rings. The Morgan fingerprint density at radius 2 is 1.76 bits per heavy atom. The van der Waals surface area contributed by atoms with E-state index in [4.69, 9.17) is 0 Å². The summed E-state index contributed by atoms with van der Waals surface area (Å²) >= 11 is 8.68. The lowest BCUT2D eigenvalue weighted by molar-refractivity contribution is -0.159. The van der Waals surface area contributed by atoms with Gasteiger partial charge in [0.2, 0.25) is 2.14 Å². The van der Waals surface area contributed by atoms with E-state index in [1.165, 1.54) is 6.92 Å². The number of rotatable bonds is 4. The Bertz CT molecular complexity index is 345. The summed E-state index contributed by atoms with van der Waals surface area (Å²) in [4.78, 5) is 33.2. The average Bonchev–Trinajstić information content (AvgIpc) is 2.15. The molecule has 0 spiro atoms. The summed E-state index contributed by atoms with van der Waals surface area (Å²) in [5, 5.41) is 0. The van der Waals surface area contributed by atoms with Crippen molar-refractivity contribution in [3.8, 4) is 0 Å². The van der Waals surface area contributed by atoms with Gasteiger partial charge in [0, 0.05) is 5.57 Å². The molecule has 0 heterocycles. The molecule has 0 aromatic heterocycles. The molecule has 0 radical (unpaired) electrons. The van der Waals surface area contributed by atoms with Gasteiger partial charge in [0.05, 0.1) is 6.42 Å². The van der Waals surface area contributed by atoms with Crippen molar-refractivity contribution in [2.24, 2.45) is 0 Å². The molecule has 0 N–H and O–H groups in total. The second-order valence-corrected chi connectivity index (χ2v) is 9.69. The van der Waals surface area contributed by atoms with Crippen LogP contribution in [-0.2, 0) is 23.9 Å². The topological polar surface area (TPSA) is 69.7 Å². The first-order valence-electron chi connectivity index (χ1n) is 4.29. The predicted octanol–water partition coefficient (Wildman–Crippen LogP) is 2.40. The Hall–Kier alpha value is -0.210. The zero-order valence-corrected chi connectivity index (χ0v) is 13.6. The summed E-state index contributed by atoms with van der Waals surface area (Å²) in [7, 11) is 0. The zero-order chi connectivity index (χ0) is 13.6. The van der Waals surface area contributed by atoms with Gasteiger partial charge in [-0.1, -0.05) is 6.58 Å². The van der Waals surface area contributed by atoms with Crippen LogP contribution in [0.4, 0.5) is 0 Å². The average molecular weight is 437 g/mol. The van der Waals surface area contributed by atoms with Crippen molar-refractivity contribution in [1.29, 1.82) is 0 Å². The van der Waals surface area contributed by atoms with Crippen LogP contribution in [0, 0.1) is 0 Å². The summed E-state index contributed by atoms with van der Waals surface area (Å²) in [6.07, 6.45) is -0.214. The molecule has 0 unspecified atom stereocenters. The van der Waals surface area contributed by atoms with Gasteiger partial charge in [-0.2, -0.15) is 0 Å². The van der Waals surface area contributed by atoms with E-state index in [-0.39, 0.29) is 18.6 Å². The largest absolute Gasteiger partial charge is 0.462 e. The molecule has 17 heavy (non-hydrogen) atoms. The van der Waals surface area contributed by atoms with E-state index in [1.807, 2.05) is 0 Å². The van der Waals surface area contributed by atoms with Gasteiger partial charge in [-0.25, -0.2) is 9.59 Å². The molecule has 0 rings (SSSR count). The van der Waals surface area contributed by atoms with Gasteiger partial charge in [-0.05, 0) is 54.7 Å². The maximum atomic E-state index is 11.2. The van der Waals surface area contributed by atoms with E-state index in [2.05, 4.69) is 63.8 Å². The molecular formula is C9H9Br3O5. The minimum atomic E-state index is -1.29. The molecule has 96 valence electrons. The van der Waals surface area contributed by atoms with Crippen LogP contribution in [0.5, 0.6) is 0 Å². The van der Waals surface area contributed by atoms with Gasteiger partial charge in [0.15, 0.2) is 0 Å². The van der Waals surface area contributed by atoms with Crippen molar-refractivity contribution in [2.45, 2.75) is 15.5 Å². The van der Waals surface area contributed by atoms with Crippen molar-refractivity contribution in [1.82, 2.24) is 0 Å². The monoisotopic (exact) mass is 434 g/mol. The van der Waals surface area contributed by atoms with Crippen molar-refractivity contribution < 1.29 is 23.9 Å². The van der Waals surface area contributed by atoms with E-state index in [9.17, 15) is 14.4 Å². The molecule has 0 amide bonds. The highest BCUT2D eigenvalue weighted by molar-refractivity contribution is 9.40. The molecule has 0 saturated heterocycles. The number of hydrogen-bond donors (Lipinski definition) is 0. The smallest absolute Gasteiger partial charge is 0.352 e. The highest BCUT2D eigenvalue weighted by atomic mass is 80.0. The Labute approximate surface area is 123 Å². The summed E-state index contributed by atoms with van der Waals surface area (Å²) in [5.41, 5.74) is 0.231. The molecule has 0 aliphatic rings. The lowest BCUT2D eigenvalue weighted by atomic mass is 10.4. The predicted molar refractivity (Wildman–Crippen MR) is 71.0 cm³/mol. The SMILES string of the molecule is C=C(C)C(=O)OCCC(=O)OC(=O)C(Br)(Br)Br. The molecule has 8 heteroatoms. The van der Waals surface area contributed by atoms with Crippen LogP contribution in [0.25, 0.3) is 0 Å². The molecule has 0 aliphatic carbocycles. The lowest BCUT2D eigenvalue weighted by Gasteiger charge is -2.10. The minimum absolute atomic E-state index is 0.169. The Balaban J connectivity index is 3.94. The highest BCUT2D eigenvalue weighted by Gasteiger charge is 2.32. The second-order valence-electron chi connectivity index (χ2n) is 2.93. The molecule has 5 nitrogen and oxygen atoms in total. The number of hydrogen-bond acceptors (Lipinski definition) is 5. The molecule has 0 aliphatic heterocycles. The molecule has 0 aromatic carbocycles. The van der Waals surface area contributed by atoms with E-state index < -0.39 is 20.1 Å². The van der Waals surface area contributed by atoms with Crippen LogP contribution in [0.1, 0.15) is 13.3 Å². The molecule has 0 saturated carbocycles. The summed E-state index contributed by atoms with van der Waals surface area (Å²) in [6, 6.07) is 0. The molecule has 0 bridgehead atoms. The number of alkyl halides is 3. The van der Waals surface area contributed by atoms with Crippen LogP contribution >= 0.6 is 47.8 Å². The Morgan fingerprint density at radius 3 is 2.18 bits per heavy atom. The van der Waals surface area contributed by atoms with E-state index in [0.29, 0.717) is 0 Å². The van der Waals surface area contributed by atoms with Gasteiger partial charge in [0.25, 0.3) is 0 Å². The number of esters is 3. The lowest BCUT2D eigenvalue weighted by Crippen LogP contribution is -2.24. The first-order chi connectivity index (χ1) is 7.64. The summed E-state index contributed by atoms with van der Waals surface area (Å²) in [6.45, 7) is 4.69. The first kappa shape index (κ1) is 16.8.